The van der Waals surface area contributed by atoms with Crippen molar-refractivity contribution in [1.82, 2.24) is 5.32 Å². The highest BCUT2D eigenvalue weighted by Crippen LogP contribution is 2.50. The fraction of sp³-hybridized carbons (Fsp3) is 0.737. The van der Waals surface area contributed by atoms with Crippen LogP contribution in [0.2, 0.25) is 0 Å². The Bertz CT molecular complexity index is 591. The Balaban J connectivity index is 6.20. The van der Waals surface area contributed by atoms with Crippen LogP contribution in [0.15, 0.2) is 12.2 Å². The third-order valence-corrected chi connectivity index (χ3v) is 6.00. The van der Waals surface area contributed by atoms with Crippen molar-refractivity contribution in [2.75, 3.05) is 14.2 Å². The molecule has 0 heterocycles. The van der Waals surface area contributed by atoms with Crippen LogP contribution in [0.1, 0.15) is 54.4 Å². The number of hydrogen-bond donors (Lipinski definition) is 3. The number of likely N-dealkylation sites (N-methyl/N-ethyl adjacent to an activating group) is 1. The Morgan fingerprint density at radius 3 is 1.77 bits per heavy atom. The summed E-state index contributed by atoms with van der Waals surface area (Å²) in [6.07, 6.45) is 0.0536. The number of carbonyl (C=O) groups excluding carboxylic acids is 1. The summed E-state index contributed by atoms with van der Waals surface area (Å²) in [4.78, 5) is 35.8. The average Bonchev–Trinajstić information content (AvgIpc) is 2.50. The second-order valence-corrected chi connectivity index (χ2v) is 8.61. The molecule has 7 nitrogen and oxygen atoms in total. The van der Waals surface area contributed by atoms with E-state index in [2.05, 4.69) is 11.9 Å². The minimum Gasteiger partial charge on any atom is -0.480 e. The lowest BCUT2D eigenvalue weighted by Gasteiger charge is -2.50. The number of hydrogen-bond acceptors (Lipinski definition) is 5. The van der Waals surface area contributed by atoms with Crippen molar-refractivity contribution >= 4 is 17.9 Å². The van der Waals surface area contributed by atoms with Crippen molar-refractivity contribution in [2.45, 2.75) is 59.9 Å². The van der Waals surface area contributed by atoms with E-state index >= 15 is 0 Å². The van der Waals surface area contributed by atoms with Gasteiger partial charge in [0.2, 0.25) is 0 Å². The molecule has 0 aromatic carbocycles. The Kier molecular flexibility index (Phi) is 7.21. The quantitative estimate of drug-likeness (QED) is 0.400. The lowest BCUT2D eigenvalue weighted by molar-refractivity contribution is -0.165. The third-order valence-electron chi connectivity index (χ3n) is 6.00. The summed E-state index contributed by atoms with van der Waals surface area (Å²) in [7, 11) is 2.82. The Morgan fingerprint density at radius 2 is 1.46 bits per heavy atom. The molecule has 7 heteroatoms. The number of ether oxygens (including phenoxy) is 1. The lowest BCUT2D eigenvalue weighted by atomic mass is 9.56. The predicted molar refractivity (Wildman–Crippen MR) is 98.8 cm³/mol. The maximum absolute atomic E-state index is 12.3. The first kappa shape index (κ1) is 24.1. The van der Waals surface area contributed by atoms with Crippen LogP contribution >= 0.6 is 0 Å². The number of carboxylic acid groups (broad SMARTS) is 2. The molecule has 0 amide bonds. The minimum atomic E-state index is -1.49. The first-order valence-corrected chi connectivity index (χ1v) is 8.44. The van der Waals surface area contributed by atoms with Crippen molar-refractivity contribution in [3.8, 4) is 0 Å². The molecule has 0 rings (SSSR count). The van der Waals surface area contributed by atoms with E-state index in [1.807, 2.05) is 0 Å². The second kappa shape index (κ2) is 7.78. The van der Waals surface area contributed by atoms with Crippen molar-refractivity contribution in [3.05, 3.63) is 12.2 Å². The van der Waals surface area contributed by atoms with Gasteiger partial charge in [-0.1, -0.05) is 34.3 Å². The summed E-state index contributed by atoms with van der Waals surface area (Å²) in [6, 6.07) is 0. The molecule has 1 unspecified atom stereocenters. The number of rotatable bonds is 10. The maximum Gasteiger partial charge on any atom is 0.330 e. The van der Waals surface area contributed by atoms with E-state index in [9.17, 15) is 19.5 Å². The number of carboxylic acids is 2. The SMILES string of the molecule is C=C(CC(C)(C)C(CC(C)(C)C(C)(C)C(=O)OC)(NC)C(=O)O)C(=O)O. The highest BCUT2D eigenvalue weighted by atomic mass is 16.5. The molecule has 0 aliphatic rings. The van der Waals surface area contributed by atoms with Crippen LogP contribution in [0.5, 0.6) is 0 Å². The smallest absolute Gasteiger partial charge is 0.330 e. The fourth-order valence-corrected chi connectivity index (χ4v) is 3.31. The van der Waals surface area contributed by atoms with E-state index in [0.717, 1.165) is 0 Å². The van der Waals surface area contributed by atoms with Gasteiger partial charge in [0.05, 0.1) is 12.5 Å². The summed E-state index contributed by atoms with van der Waals surface area (Å²) in [5, 5.41) is 22.1. The van der Waals surface area contributed by atoms with E-state index in [-0.39, 0.29) is 18.4 Å². The zero-order chi connectivity index (χ0) is 21.1. The van der Waals surface area contributed by atoms with Gasteiger partial charge in [0.25, 0.3) is 0 Å². The standard InChI is InChI=1S/C19H33NO6/c1-12(13(21)22)10-16(2,3)19(20-8,14(23)24)11-17(4,5)18(6,7)15(25)26-9/h20H,1,10-11H2,2-9H3,(H,21,22)(H,23,24). The third kappa shape index (κ3) is 4.26. The van der Waals surface area contributed by atoms with Gasteiger partial charge in [0, 0.05) is 5.57 Å². The number of aliphatic carboxylic acids is 2. The number of carbonyl (C=O) groups is 3. The molecular weight excluding hydrogens is 338 g/mol. The van der Waals surface area contributed by atoms with Crippen LogP contribution in [-0.4, -0.2) is 47.8 Å². The summed E-state index contributed by atoms with van der Waals surface area (Å²) in [6.45, 7) is 14.0. The second-order valence-electron chi connectivity index (χ2n) is 8.61. The van der Waals surface area contributed by atoms with Crippen LogP contribution in [0, 0.1) is 16.2 Å². The minimum absolute atomic E-state index is 0.0236. The molecule has 0 radical (unpaired) electrons. The highest BCUT2D eigenvalue weighted by molar-refractivity contribution is 5.87. The van der Waals surface area contributed by atoms with Gasteiger partial charge >= 0.3 is 17.9 Å². The van der Waals surface area contributed by atoms with Gasteiger partial charge in [-0.2, -0.15) is 0 Å². The first-order chi connectivity index (χ1) is 11.5. The molecule has 0 aromatic heterocycles. The Hall–Kier alpha value is -1.89. The van der Waals surface area contributed by atoms with Crippen LogP contribution < -0.4 is 5.32 Å². The van der Waals surface area contributed by atoms with Gasteiger partial charge in [-0.3, -0.25) is 9.59 Å². The Morgan fingerprint density at radius 1 is 1.00 bits per heavy atom. The van der Waals surface area contributed by atoms with Crippen molar-refractivity contribution in [2.24, 2.45) is 16.2 Å². The number of esters is 1. The summed E-state index contributed by atoms with van der Waals surface area (Å²) < 4.78 is 4.89. The lowest BCUT2D eigenvalue weighted by Crippen LogP contribution is -2.64. The van der Waals surface area contributed by atoms with Gasteiger partial charge < -0.3 is 20.3 Å². The van der Waals surface area contributed by atoms with Crippen molar-refractivity contribution in [3.63, 3.8) is 0 Å². The number of nitrogens with one attached hydrogen (secondary N) is 1. The molecule has 0 aromatic rings. The van der Waals surface area contributed by atoms with E-state index < -0.39 is 39.7 Å². The summed E-state index contributed by atoms with van der Waals surface area (Å²) >= 11 is 0. The van der Waals surface area contributed by atoms with Crippen molar-refractivity contribution in [1.29, 1.82) is 0 Å². The molecule has 26 heavy (non-hydrogen) atoms. The largest absolute Gasteiger partial charge is 0.480 e. The van der Waals surface area contributed by atoms with E-state index in [4.69, 9.17) is 9.84 Å². The fourth-order valence-electron chi connectivity index (χ4n) is 3.31. The predicted octanol–water partition coefficient (Wildman–Crippen LogP) is 2.70. The molecule has 0 fully saturated rings. The Labute approximate surface area is 155 Å². The van der Waals surface area contributed by atoms with Crippen LogP contribution in [0.25, 0.3) is 0 Å². The van der Waals surface area contributed by atoms with E-state index in [0.29, 0.717) is 0 Å². The normalized spacial score (nSPS) is 15.1. The van der Waals surface area contributed by atoms with E-state index in [1.165, 1.54) is 14.2 Å². The van der Waals surface area contributed by atoms with Crippen LogP contribution in [-0.2, 0) is 19.1 Å². The number of methoxy groups -OCH3 is 1. The molecule has 0 saturated carbocycles. The zero-order valence-corrected chi connectivity index (χ0v) is 17.1. The molecule has 0 aliphatic heterocycles. The molecule has 150 valence electrons. The van der Waals surface area contributed by atoms with Crippen molar-refractivity contribution < 1.29 is 29.3 Å². The molecule has 0 saturated heterocycles. The monoisotopic (exact) mass is 371 g/mol. The average molecular weight is 371 g/mol. The van der Waals surface area contributed by atoms with E-state index in [1.54, 1.807) is 41.5 Å². The molecule has 0 spiro atoms. The van der Waals surface area contributed by atoms with Gasteiger partial charge in [0.15, 0.2) is 0 Å². The summed E-state index contributed by atoms with van der Waals surface area (Å²) in [5.41, 5.74) is -4.28. The molecule has 0 bridgehead atoms. The van der Waals surface area contributed by atoms with Crippen LogP contribution in [0.3, 0.4) is 0 Å². The van der Waals surface area contributed by atoms with Gasteiger partial charge in [-0.05, 0) is 44.6 Å². The maximum atomic E-state index is 12.3. The topological polar surface area (TPSA) is 113 Å². The summed E-state index contributed by atoms with van der Waals surface area (Å²) in [5.74, 6) is -2.72. The molecule has 3 N–H and O–H groups in total. The molecule has 0 aliphatic carbocycles. The molecular formula is C19H33NO6. The van der Waals surface area contributed by atoms with Gasteiger partial charge in [0.1, 0.15) is 5.54 Å². The molecule has 1 atom stereocenters. The van der Waals surface area contributed by atoms with Gasteiger partial charge in [-0.15, -0.1) is 0 Å². The first-order valence-electron chi connectivity index (χ1n) is 8.44. The highest BCUT2D eigenvalue weighted by Gasteiger charge is 2.57. The van der Waals surface area contributed by atoms with Gasteiger partial charge in [-0.25, -0.2) is 4.79 Å². The van der Waals surface area contributed by atoms with Crippen LogP contribution in [0.4, 0.5) is 0 Å². The zero-order valence-electron chi connectivity index (χ0n) is 17.1.